The van der Waals surface area contributed by atoms with Gasteiger partial charge in [0, 0.05) is 13.1 Å². The van der Waals surface area contributed by atoms with Crippen LogP contribution in [0.4, 0.5) is 5.82 Å². The van der Waals surface area contributed by atoms with E-state index in [2.05, 4.69) is 36.1 Å². The smallest absolute Gasteiger partial charge is 0.283 e. The van der Waals surface area contributed by atoms with Crippen molar-refractivity contribution in [1.29, 1.82) is 0 Å². The van der Waals surface area contributed by atoms with E-state index in [-0.39, 0.29) is 15.4 Å². The average molecular weight is 322 g/mol. The summed E-state index contributed by atoms with van der Waals surface area (Å²) in [6, 6.07) is 1.47. The fraction of sp³-hybridized carbons (Fsp3) is 0.286. The van der Waals surface area contributed by atoms with Crippen molar-refractivity contribution in [3.05, 3.63) is 16.4 Å². The zero-order chi connectivity index (χ0) is 12.6. The Labute approximate surface area is 105 Å². The van der Waals surface area contributed by atoms with Crippen molar-refractivity contribution in [1.82, 2.24) is 20.2 Å². The van der Waals surface area contributed by atoms with E-state index < -0.39 is 10.0 Å². The van der Waals surface area contributed by atoms with Gasteiger partial charge in [-0.25, -0.2) is 4.68 Å². The summed E-state index contributed by atoms with van der Waals surface area (Å²) in [5, 5.41) is 10.6. The molecule has 0 amide bonds. The highest BCUT2D eigenvalue weighted by atomic mass is 79.9. The molecule has 0 fully saturated rings. The second-order valence-electron chi connectivity index (χ2n) is 3.24. The van der Waals surface area contributed by atoms with Crippen LogP contribution in [0.1, 0.15) is 5.76 Å². The van der Waals surface area contributed by atoms with Gasteiger partial charge in [0.2, 0.25) is 5.03 Å². The van der Waals surface area contributed by atoms with Crippen LogP contribution < -0.4 is 4.72 Å². The summed E-state index contributed by atoms with van der Waals surface area (Å²) in [6.45, 7) is 1.66. The van der Waals surface area contributed by atoms with Crippen molar-refractivity contribution in [3.63, 3.8) is 0 Å². The molecule has 8 nitrogen and oxygen atoms in total. The number of anilines is 1. The summed E-state index contributed by atoms with van der Waals surface area (Å²) in [6.07, 6.45) is 0. The summed E-state index contributed by atoms with van der Waals surface area (Å²) in [4.78, 5) is 0. The van der Waals surface area contributed by atoms with Crippen LogP contribution in [0.5, 0.6) is 0 Å². The fourth-order valence-corrected chi connectivity index (χ4v) is 3.29. The van der Waals surface area contributed by atoms with Gasteiger partial charge in [-0.3, -0.25) is 4.72 Å². The molecule has 2 heterocycles. The van der Waals surface area contributed by atoms with Gasteiger partial charge in [0.15, 0.2) is 10.4 Å². The second-order valence-corrected chi connectivity index (χ2v) is 5.59. The normalized spacial score (nSPS) is 11.7. The summed E-state index contributed by atoms with van der Waals surface area (Å²) in [5.41, 5.74) is 0. The minimum Gasteiger partial charge on any atom is -0.360 e. The Kier molecular flexibility index (Phi) is 2.91. The molecule has 0 radical (unpaired) electrons. The lowest BCUT2D eigenvalue weighted by molar-refractivity contribution is 0.400. The SMILES string of the molecule is Cc1cc(NS(=O)(=O)c2c(Br)nnn2C)no1. The van der Waals surface area contributed by atoms with Gasteiger partial charge in [-0.15, -0.1) is 5.10 Å². The topological polar surface area (TPSA) is 103 Å². The third-order valence-corrected chi connectivity index (χ3v) is 4.10. The molecular weight excluding hydrogens is 314 g/mol. The molecule has 0 aliphatic heterocycles. The molecule has 0 saturated carbocycles. The number of hydrogen-bond acceptors (Lipinski definition) is 6. The van der Waals surface area contributed by atoms with E-state index in [9.17, 15) is 8.42 Å². The molecule has 0 saturated heterocycles. The molecule has 0 aliphatic carbocycles. The van der Waals surface area contributed by atoms with Gasteiger partial charge in [0.25, 0.3) is 10.0 Å². The molecular formula is C7H8BrN5O3S. The van der Waals surface area contributed by atoms with Crippen LogP contribution in [0.3, 0.4) is 0 Å². The first-order valence-electron chi connectivity index (χ1n) is 4.41. The molecule has 17 heavy (non-hydrogen) atoms. The first-order chi connectivity index (χ1) is 7.90. The highest BCUT2D eigenvalue weighted by Crippen LogP contribution is 2.20. The van der Waals surface area contributed by atoms with Gasteiger partial charge in [-0.05, 0) is 22.9 Å². The molecule has 2 aromatic heterocycles. The van der Waals surface area contributed by atoms with E-state index in [1.165, 1.54) is 13.1 Å². The molecule has 92 valence electrons. The summed E-state index contributed by atoms with van der Waals surface area (Å²) < 4.78 is 32.3. The van der Waals surface area contributed by atoms with Gasteiger partial charge < -0.3 is 4.52 Å². The third-order valence-electron chi connectivity index (χ3n) is 1.86. The minimum absolute atomic E-state index is 0.0850. The van der Waals surface area contributed by atoms with Gasteiger partial charge in [0.1, 0.15) is 5.76 Å². The summed E-state index contributed by atoms with van der Waals surface area (Å²) in [5.74, 6) is 0.612. The Bertz CT molecular complexity index is 627. The van der Waals surface area contributed by atoms with Crippen LogP contribution in [0, 0.1) is 6.92 Å². The average Bonchev–Trinajstić information content (AvgIpc) is 2.73. The lowest BCUT2D eigenvalue weighted by Gasteiger charge is -2.04. The number of rotatable bonds is 3. The largest absolute Gasteiger partial charge is 0.360 e. The van der Waals surface area contributed by atoms with Crippen molar-refractivity contribution in [2.24, 2.45) is 7.05 Å². The van der Waals surface area contributed by atoms with Crippen LogP contribution in [-0.4, -0.2) is 28.6 Å². The lowest BCUT2D eigenvalue weighted by Crippen LogP contribution is -2.17. The van der Waals surface area contributed by atoms with Gasteiger partial charge in [-0.2, -0.15) is 8.42 Å². The fourth-order valence-electron chi connectivity index (χ4n) is 1.21. The van der Waals surface area contributed by atoms with E-state index >= 15 is 0 Å². The standard InChI is InChI=1S/C7H8BrN5O3S/c1-4-3-5(10-16-4)11-17(14,15)7-6(8)9-12-13(7)2/h3H,1-2H3,(H,10,11). The molecule has 1 N–H and O–H groups in total. The molecule has 2 aromatic rings. The number of aromatic nitrogens is 4. The number of nitrogens with one attached hydrogen (secondary N) is 1. The van der Waals surface area contributed by atoms with Crippen LogP contribution in [0.2, 0.25) is 0 Å². The Morgan fingerprint density at radius 2 is 2.24 bits per heavy atom. The van der Waals surface area contributed by atoms with Crippen molar-refractivity contribution in [2.45, 2.75) is 11.9 Å². The maximum atomic E-state index is 12.0. The van der Waals surface area contributed by atoms with Crippen molar-refractivity contribution in [3.8, 4) is 0 Å². The summed E-state index contributed by atoms with van der Waals surface area (Å²) in [7, 11) is -2.33. The zero-order valence-electron chi connectivity index (χ0n) is 8.88. The molecule has 10 heteroatoms. The number of halogens is 1. The van der Waals surface area contributed by atoms with E-state index in [4.69, 9.17) is 4.52 Å². The van der Waals surface area contributed by atoms with Crippen LogP contribution >= 0.6 is 15.9 Å². The Hall–Kier alpha value is -1.42. The van der Waals surface area contributed by atoms with Gasteiger partial charge >= 0.3 is 0 Å². The lowest BCUT2D eigenvalue weighted by atomic mass is 10.5. The predicted octanol–water partition coefficient (Wildman–Crippen LogP) is 0.675. The molecule has 0 unspecified atom stereocenters. The van der Waals surface area contributed by atoms with Crippen LogP contribution in [0.15, 0.2) is 20.2 Å². The van der Waals surface area contributed by atoms with Gasteiger partial charge in [-0.1, -0.05) is 10.4 Å². The van der Waals surface area contributed by atoms with E-state index in [0.717, 1.165) is 4.68 Å². The molecule has 0 spiro atoms. The van der Waals surface area contributed by atoms with Crippen molar-refractivity contribution in [2.75, 3.05) is 4.72 Å². The molecule has 0 aliphatic rings. The Morgan fingerprint density at radius 3 is 2.71 bits per heavy atom. The van der Waals surface area contributed by atoms with E-state index in [1.807, 2.05) is 0 Å². The van der Waals surface area contributed by atoms with Gasteiger partial charge in [0.05, 0.1) is 0 Å². The number of hydrogen-bond donors (Lipinski definition) is 1. The number of sulfonamides is 1. The Balaban J connectivity index is 2.38. The monoisotopic (exact) mass is 321 g/mol. The van der Waals surface area contributed by atoms with E-state index in [0.29, 0.717) is 5.76 Å². The summed E-state index contributed by atoms with van der Waals surface area (Å²) >= 11 is 3.01. The van der Waals surface area contributed by atoms with Crippen molar-refractivity contribution < 1.29 is 12.9 Å². The molecule has 0 aromatic carbocycles. The highest BCUT2D eigenvalue weighted by Gasteiger charge is 2.24. The highest BCUT2D eigenvalue weighted by molar-refractivity contribution is 9.10. The number of nitrogens with zero attached hydrogens (tertiary/aromatic N) is 4. The predicted molar refractivity (Wildman–Crippen MR) is 60.8 cm³/mol. The maximum Gasteiger partial charge on any atom is 0.283 e. The third kappa shape index (κ3) is 2.31. The first-order valence-corrected chi connectivity index (χ1v) is 6.69. The molecule has 2 rings (SSSR count). The quantitative estimate of drug-likeness (QED) is 0.891. The maximum absolute atomic E-state index is 12.0. The second kappa shape index (κ2) is 4.11. The van der Waals surface area contributed by atoms with E-state index in [1.54, 1.807) is 6.92 Å². The van der Waals surface area contributed by atoms with Crippen LogP contribution in [0.25, 0.3) is 0 Å². The zero-order valence-corrected chi connectivity index (χ0v) is 11.3. The number of aryl methyl sites for hydroxylation is 2. The Morgan fingerprint density at radius 1 is 1.53 bits per heavy atom. The first kappa shape index (κ1) is 12.0. The van der Waals surface area contributed by atoms with Crippen molar-refractivity contribution >= 4 is 31.8 Å². The van der Waals surface area contributed by atoms with Crippen LogP contribution in [-0.2, 0) is 17.1 Å². The molecule has 0 bridgehead atoms. The molecule has 0 atom stereocenters. The minimum atomic E-state index is -3.80.